The fourth-order valence-corrected chi connectivity index (χ4v) is 5.64. The molecule has 0 saturated heterocycles. The average Bonchev–Trinajstić information content (AvgIpc) is 3.10. The number of fused-ring (bicyclic) bond motifs is 1. The maximum Gasteiger partial charge on any atom is 0.341 e. The molecule has 0 atom stereocenters. The first-order valence-electron chi connectivity index (χ1n) is 10.1. The Morgan fingerprint density at radius 3 is 2.61 bits per heavy atom. The molecule has 0 unspecified atom stereocenters. The van der Waals surface area contributed by atoms with Crippen LogP contribution in [0.1, 0.15) is 40.6 Å². The minimum absolute atomic E-state index is 0. The third-order valence-corrected chi connectivity index (χ3v) is 7.12. The molecule has 3 rings (SSSR count). The highest BCUT2D eigenvalue weighted by Crippen LogP contribution is 2.37. The largest absolute Gasteiger partial charge is 0.497 e. The van der Waals surface area contributed by atoms with E-state index in [4.69, 9.17) is 9.47 Å². The van der Waals surface area contributed by atoms with E-state index in [0.29, 0.717) is 22.7 Å². The van der Waals surface area contributed by atoms with E-state index in [-0.39, 0.29) is 24.3 Å². The third-order valence-electron chi connectivity index (χ3n) is 4.98. The topological polar surface area (TPSA) is 67.9 Å². The smallest absolute Gasteiger partial charge is 0.341 e. The van der Waals surface area contributed by atoms with Crippen LogP contribution in [0.25, 0.3) is 0 Å². The molecule has 170 valence electrons. The number of carbonyl (C=O) groups is 2. The van der Waals surface area contributed by atoms with Crippen LogP contribution in [0.3, 0.4) is 0 Å². The quantitative estimate of drug-likeness (QED) is 0.405. The molecule has 0 spiro atoms. The maximum atomic E-state index is 12.5. The van der Waals surface area contributed by atoms with Crippen LogP contribution in [0.4, 0.5) is 5.00 Å². The van der Waals surface area contributed by atoms with Gasteiger partial charge in [0.05, 0.1) is 19.8 Å². The van der Waals surface area contributed by atoms with Gasteiger partial charge in [-0.05, 0) is 49.2 Å². The molecule has 1 aromatic heterocycles. The van der Waals surface area contributed by atoms with Crippen molar-refractivity contribution < 1.29 is 19.1 Å². The van der Waals surface area contributed by atoms with E-state index >= 15 is 0 Å². The second-order valence-corrected chi connectivity index (χ2v) is 9.32. The second kappa shape index (κ2) is 12.3. The van der Waals surface area contributed by atoms with Crippen LogP contribution < -0.4 is 10.1 Å². The maximum absolute atomic E-state index is 12.5. The summed E-state index contributed by atoms with van der Waals surface area (Å²) in [6, 6.07) is 7.77. The van der Waals surface area contributed by atoms with Crippen LogP contribution in [0.15, 0.2) is 29.2 Å². The third kappa shape index (κ3) is 6.62. The minimum atomic E-state index is -0.376. The van der Waals surface area contributed by atoms with Crippen molar-refractivity contribution >= 4 is 52.4 Å². The number of halogens is 1. The van der Waals surface area contributed by atoms with Gasteiger partial charge in [0.15, 0.2) is 0 Å². The molecule has 2 aromatic rings. The molecular formula is C22H29ClN2O4S2. The van der Waals surface area contributed by atoms with Crippen LogP contribution >= 0.6 is 35.5 Å². The zero-order valence-corrected chi connectivity index (χ0v) is 20.5. The van der Waals surface area contributed by atoms with Crippen LogP contribution in [0.5, 0.6) is 5.75 Å². The van der Waals surface area contributed by atoms with Crippen LogP contribution in [-0.2, 0) is 22.5 Å². The number of nitrogens with one attached hydrogen (secondary N) is 1. The van der Waals surface area contributed by atoms with E-state index in [1.807, 2.05) is 24.3 Å². The number of methoxy groups -OCH3 is 2. The van der Waals surface area contributed by atoms with Crippen LogP contribution in [0.2, 0.25) is 0 Å². The molecule has 0 radical (unpaired) electrons. The molecule has 0 aliphatic carbocycles. The number of thioether (sulfide) groups is 1. The first kappa shape index (κ1) is 25.5. The number of hydrogen-bond acceptors (Lipinski definition) is 7. The molecule has 1 amide bonds. The Morgan fingerprint density at radius 2 is 1.97 bits per heavy atom. The van der Waals surface area contributed by atoms with Crippen molar-refractivity contribution in [3.8, 4) is 5.75 Å². The Hall–Kier alpha value is -1.74. The number of ether oxygens (including phenoxy) is 2. The van der Waals surface area contributed by atoms with E-state index in [1.54, 1.807) is 18.9 Å². The molecule has 9 heteroatoms. The van der Waals surface area contributed by atoms with Crippen molar-refractivity contribution in [2.24, 2.45) is 0 Å². The number of thiophene rings is 1. The molecule has 2 heterocycles. The first-order chi connectivity index (χ1) is 14.5. The standard InChI is InChI=1S/C22H28N2O4S2.ClH/c1-4-11-24-12-9-17-18(14-24)30-21(20(17)22(26)28-3)23-19(25)10-13-29-16-7-5-15(27-2)6-8-16;/h5-8H,4,9-14H2,1-3H3,(H,23,25);1H. The van der Waals surface area contributed by atoms with Gasteiger partial charge in [-0.15, -0.1) is 35.5 Å². The summed E-state index contributed by atoms with van der Waals surface area (Å²) in [5, 5.41) is 3.58. The van der Waals surface area contributed by atoms with Crippen molar-refractivity contribution in [1.29, 1.82) is 0 Å². The number of hydrogen-bond donors (Lipinski definition) is 1. The van der Waals surface area contributed by atoms with E-state index in [0.717, 1.165) is 53.6 Å². The highest BCUT2D eigenvalue weighted by molar-refractivity contribution is 7.99. The van der Waals surface area contributed by atoms with Gasteiger partial charge in [0.2, 0.25) is 5.91 Å². The highest BCUT2D eigenvalue weighted by atomic mass is 35.5. The monoisotopic (exact) mass is 484 g/mol. The lowest BCUT2D eigenvalue weighted by Crippen LogP contribution is -2.30. The van der Waals surface area contributed by atoms with Crippen molar-refractivity contribution in [2.75, 3.05) is 38.4 Å². The SMILES string of the molecule is CCCN1CCc2c(sc(NC(=O)CCSc3ccc(OC)cc3)c2C(=O)OC)C1.Cl. The predicted octanol–water partition coefficient (Wildman–Crippen LogP) is 4.85. The van der Waals surface area contributed by atoms with Crippen LogP contribution in [-0.4, -0.2) is 49.8 Å². The lowest BCUT2D eigenvalue weighted by molar-refractivity contribution is -0.115. The zero-order chi connectivity index (χ0) is 21.5. The van der Waals surface area contributed by atoms with Crippen LogP contribution in [0, 0.1) is 0 Å². The summed E-state index contributed by atoms with van der Waals surface area (Å²) in [4.78, 5) is 29.6. The first-order valence-corrected chi connectivity index (χ1v) is 11.9. The van der Waals surface area contributed by atoms with Gasteiger partial charge >= 0.3 is 5.97 Å². The van der Waals surface area contributed by atoms with Gasteiger partial charge in [0.1, 0.15) is 10.8 Å². The number of rotatable bonds is 9. The fourth-order valence-electron chi connectivity index (χ4n) is 3.49. The number of amides is 1. The Morgan fingerprint density at radius 1 is 1.23 bits per heavy atom. The Labute approximate surface area is 198 Å². The van der Waals surface area contributed by atoms with Gasteiger partial charge in [0.25, 0.3) is 0 Å². The normalized spacial score (nSPS) is 13.1. The summed E-state index contributed by atoms with van der Waals surface area (Å²) in [5.74, 6) is 0.997. The fraction of sp³-hybridized carbons (Fsp3) is 0.455. The lowest BCUT2D eigenvalue weighted by Gasteiger charge is -2.26. The van der Waals surface area contributed by atoms with E-state index < -0.39 is 0 Å². The molecule has 6 nitrogen and oxygen atoms in total. The van der Waals surface area contributed by atoms with Crippen molar-refractivity contribution in [3.63, 3.8) is 0 Å². The summed E-state index contributed by atoms with van der Waals surface area (Å²) in [6.07, 6.45) is 2.27. The van der Waals surface area contributed by atoms with Gasteiger partial charge in [-0.25, -0.2) is 4.79 Å². The Balaban J connectivity index is 0.00000341. The van der Waals surface area contributed by atoms with Gasteiger partial charge in [-0.3, -0.25) is 9.69 Å². The highest BCUT2D eigenvalue weighted by Gasteiger charge is 2.29. The Bertz CT molecular complexity index is 886. The molecule has 31 heavy (non-hydrogen) atoms. The number of benzene rings is 1. The molecule has 0 saturated carbocycles. The molecule has 1 aliphatic rings. The minimum Gasteiger partial charge on any atom is -0.497 e. The average molecular weight is 485 g/mol. The van der Waals surface area contributed by atoms with Crippen molar-refractivity contribution in [1.82, 2.24) is 4.90 Å². The molecule has 1 aromatic carbocycles. The van der Waals surface area contributed by atoms with E-state index in [1.165, 1.54) is 18.4 Å². The number of nitrogens with zero attached hydrogens (tertiary/aromatic N) is 1. The summed E-state index contributed by atoms with van der Waals surface area (Å²) in [5.41, 5.74) is 1.56. The molecular weight excluding hydrogens is 456 g/mol. The van der Waals surface area contributed by atoms with Crippen molar-refractivity contribution in [3.05, 3.63) is 40.3 Å². The summed E-state index contributed by atoms with van der Waals surface area (Å²) < 4.78 is 10.2. The summed E-state index contributed by atoms with van der Waals surface area (Å²) in [7, 11) is 3.02. The molecule has 1 aliphatic heterocycles. The summed E-state index contributed by atoms with van der Waals surface area (Å²) in [6.45, 7) is 4.95. The van der Waals surface area contributed by atoms with Crippen molar-refractivity contribution in [2.45, 2.75) is 37.6 Å². The number of carbonyl (C=O) groups excluding carboxylic acids is 2. The molecule has 0 fully saturated rings. The predicted molar refractivity (Wildman–Crippen MR) is 129 cm³/mol. The van der Waals surface area contributed by atoms with E-state index in [9.17, 15) is 9.59 Å². The van der Waals surface area contributed by atoms with Gasteiger partial charge in [0, 0.05) is 35.0 Å². The zero-order valence-electron chi connectivity index (χ0n) is 18.1. The second-order valence-electron chi connectivity index (χ2n) is 7.05. The molecule has 0 bridgehead atoms. The Kier molecular flexibility index (Phi) is 10.2. The number of anilines is 1. The van der Waals surface area contributed by atoms with Gasteiger partial charge in [-0.1, -0.05) is 6.92 Å². The lowest BCUT2D eigenvalue weighted by atomic mass is 10.0. The van der Waals surface area contributed by atoms with Gasteiger partial charge in [-0.2, -0.15) is 0 Å². The molecule has 1 N–H and O–H groups in total. The van der Waals surface area contributed by atoms with E-state index in [2.05, 4.69) is 17.1 Å². The summed E-state index contributed by atoms with van der Waals surface area (Å²) >= 11 is 3.12. The van der Waals surface area contributed by atoms with Gasteiger partial charge < -0.3 is 14.8 Å². The number of esters is 1.